The molecule has 0 spiro atoms. The van der Waals surface area contributed by atoms with Crippen molar-refractivity contribution in [2.75, 3.05) is 19.6 Å². The summed E-state index contributed by atoms with van der Waals surface area (Å²) in [7, 11) is -3.26. The largest absolute Gasteiger partial charge is 0.299 e. The minimum absolute atomic E-state index is 0.0562. The number of hydrogen-bond donors (Lipinski definition) is 1. The molecule has 0 amide bonds. The molecule has 2 aromatic carbocycles. The van der Waals surface area contributed by atoms with E-state index in [1.807, 2.05) is 36.4 Å². The van der Waals surface area contributed by atoms with E-state index in [-0.39, 0.29) is 5.75 Å². The van der Waals surface area contributed by atoms with Crippen LogP contribution in [0.25, 0.3) is 0 Å². The molecule has 1 N–H and O–H groups in total. The van der Waals surface area contributed by atoms with Crippen LogP contribution in [0.4, 0.5) is 0 Å². The zero-order chi connectivity index (χ0) is 17.5. The summed E-state index contributed by atoms with van der Waals surface area (Å²) >= 11 is 0. The first kappa shape index (κ1) is 18.1. The number of rotatable bonds is 7. The lowest BCUT2D eigenvalue weighted by Gasteiger charge is -2.32. The van der Waals surface area contributed by atoms with Crippen molar-refractivity contribution in [3.63, 3.8) is 0 Å². The van der Waals surface area contributed by atoms with E-state index in [0.29, 0.717) is 12.5 Å². The van der Waals surface area contributed by atoms with Crippen LogP contribution < -0.4 is 4.72 Å². The Bertz CT molecular complexity index is 740. The molecule has 2 aromatic rings. The molecular formula is C20H26N2O2S. The topological polar surface area (TPSA) is 49.4 Å². The van der Waals surface area contributed by atoms with Crippen molar-refractivity contribution in [2.45, 2.75) is 25.1 Å². The molecule has 25 heavy (non-hydrogen) atoms. The van der Waals surface area contributed by atoms with Gasteiger partial charge in [-0.05, 0) is 43.0 Å². The van der Waals surface area contributed by atoms with E-state index in [2.05, 4.69) is 33.9 Å². The fraction of sp³-hybridized carbons (Fsp3) is 0.400. The van der Waals surface area contributed by atoms with E-state index >= 15 is 0 Å². The zero-order valence-electron chi connectivity index (χ0n) is 14.5. The fourth-order valence-corrected chi connectivity index (χ4v) is 4.50. The Labute approximate surface area is 150 Å². The van der Waals surface area contributed by atoms with Crippen LogP contribution in [0.5, 0.6) is 0 Å². The van der Waals surface area contributed by atoms with E-state index in [1.165, 1.54) is 5.56 Å². The van der Waals surface area contributed by atoms with Gasteiger partial charge in [-0.25, -0.2) is 13.1 Å². The predicted octanol–water partition coefficient (Wildman–Crippen LogP) is 3.02. The lowest BCUT2D eigenvalue weighted by molar-refractivity contribution is 0.178. The molecule has 3 rings (SSSR count). The fourth-order valence-electron chi connectivity index (χ4n) is 3.28. The van der Waals surface area contributed by atoms with Crippen LogP contribution in [0.2, 0.25) is 0 Å². The molecule has 0 atom stereocenters. The van der Waals surface area contributed by atoms with Crippen LogP contribution in [0, 0.1) is 5.92 Å². The lowest BCUT2D eigenvalue weighted by Crippen LogP contribution is -2.38. The van der Waals surface area contributed by atoms with Gasteiger partial charge < -0.3 is 0 Å². The lowest BCUT2D eigenvalue weighted by atomic mass is 9.97. The number of sulfonamides is 1. The first-order valence-electron chi connectivity index (χ1n) is 8.88. The smallest absolute Gasteiger partial charge is 0.215 e. The van der Waals surface area contributed by atoms with Gasteiger partial charge in [0.25, 0.3) is 0 Å². The summed E-state index contributed by atoms with van der Waals surface area (Å²) in [6.07, 6.45) is 2.08. The Hall–Kier alpha value is -1.69. The van der Waals surface area contributed by atoms with Crippen molar-refractivity contribution in [1.29, 1.82) is 0 Å². The molecule has 0 aromatic heterocycles. The van der Waals surface area contributed by atoms with Crippen LogP contribution in [0.1, 0.15) is 24.0 Å². The average molecular weight is 359 g/mol. The number of piperidine rings is 1. The second-order valence-corrected chi connectivity index (χ2v) is 8.61. The Morgan fingerprint density at radius 2 is 1.44 bits per heavy atom. The Morgan fingerprint density at radius 3 is 2.04 bits per heavy atom. The van der Waals surface area contributed by atoms with Crippen molar-refractivity contribution >= 4 is 10.0 Å². The second kappa shape index (κ2) is 8.61. The molecule has 1 aliphatic heterocycles. The van der Waals surface area contributed by atoms with Crippen molar-refractivity contribution < 1.29 is 8.42 Å². The molecule has 0 saturated carbocycles. The molecule has 0 radical (unpaired) electrons. The third-order valence-electron chi connectivity index (χ3n) is 4.75. The summed E-state index contributed by atoms with van der Waals surface area (Å²) in [5, 5.41) is 0. The maximum absolute atomic E-state index is 12.2. The third kappa shape index (κ3) is 5.96. The number of nitrogens with one attached hydrogen (secondary N) is 1. The highest BCUT2D eigenvalue weighted by atomic mass is 32.2. The average Bonchev–Trinajstić information content (AvgIpc) is 2.63. The number of likely N-dealkylation sites (tertiary alicyclic amines) is 1. The van der Waals surface area contributed by atoms with E-state index in [9.17, 15) is 8.42 Å². The minimum atomic E-state index is -3.26. The summed E-state index contributed by atoms with van der Waals surface area (Å²) in [5.41, 5.74) is 2.16. The Kier molecular flexibility index (Phi) is 6.24. The highest BCUT2D eigenvalue weighted by molar-refractivity contribution is 7.88. The molecule has 4 nitrogen and oxygen atoms in total. The predicted molar refractivity (Wildman–Crippen MR) is 102 cm³/mol. The van der Waals surface area contributed by atoms with Gasteiger partial charge in [-0.15, -0.1) is 0 Å². The first-order valence-corrected chi connectivity index (χ1v) is 10.5. The monoisotopic (exact) mass is 358 g/mol. The molecule has 0 aliphatic carbocycles. The molecule has 1 fully saturated rings. The maximum atomic E-state index is 12.2. The van der Waals surface area contributed by atoms with Gasteiger partial charge in [-0.2, -0.15) is 0 Å². The van der Waals surface area contributed by atoms with Gasteiger partial charge >= 0.3 is 0 Å². The van der Waals surface area contributed by atoms with Gasteiger partial charge in [-0.1, -0.05) is 60.7 Å². The molecule has 5 heteroatoms. The number of hydrogen-bond acceptors (Lipinski definition) is 3. The quantitative estimate of drug-likeness (QED) is 0.828. The molecule has 1 saturated heterocycles. The molecule has 1 heterocycles. The summed E-state index contributed by atoms with van der Waals surface area (Å²) in [4.78, 5) is 2.45. The number of benzene rings is 2. The van der Waals surface area contributed by atoms with Crippen LogP contribution in [-0.2, 0) is 22.3 Å². The van der Waals surface area contributed by atoms with E-state index in [1.54, 1.807) is 0 Å². The maximum Gasteiger partial charge on any atom is 0.215 e. The van der Waals surface area contributed by atoms with Crippen LogP contribution in [-0.4, -0.2) is 33.0 Å². The van der Waals surface area contributed by atoms with Gasteiger partial charge in [0, 0.05) is 13.1 Å². The van der Waals surface area contributed by atoms with E-state index < -0.39 is 10.0 Å². The van der Waals surface area contributed by atoms with Crippen LogP contribution >= 0.6 is 0 Å². The Balaban J connectivity index is 1.41. The van der Waals surface area contributed by atoms with Gasteiger partial charge in [-0.3, -0.25) is 4.90 Å². The molecule has 0 unspecified atom stereocenters. The van der Waals surface area contributed by atoms with E-state index in [4.69, 9.17) is 0 Å². The van der Waals surface area contributed by atoms with Crippen LogP contribution in [0.3, 0.4) is 0 Å². The summed E-state index contributed by atoms with van der Waals surface area (Å²) in [6, 6.07) is 19.8. The summed E-state index contributed by atoms with van der Waals surface area (Å²) < 4.78 is 27.2. The van der Waals surface area contributed by atoms with Gasteiger partial charge in [0.1, 0.15) is 0 Å². The highest BCUT2D eigenvalue weighted by Gasteiger charge is 2.21. The van der Waals surface area contributed by atoms with Crippen molar-refractivity contribution in [1.82, 2.24) is 9.62 Å². The van der Waals surface area contributed by atoms with Gasteiger partial charge in [0.05, 0.1) is 5.75 Å². The van der Waals surface area contributed by atoms with Gasteiger partial charge in [0.2, 0.25) is 10.0 Å². The molecule has 1 aliphatic rings. The Morgan fingerprint density at radius 1 is 0.880 bits per heavy atom. The third-order valence-corrected chi connectivity index (χ3v) is 6.07. The number of nitrogens with zero attached hydrogens (tertiary/aromatic N) is 1. The SMILES string of the molecule is O=S(=O)(Cc1ccccc1)NCC1CCN(Cc2ccccc2)CC1. The zero-order valence-corrected chi connectivity index (χ0v) is 15.3. The highest BCUT2D eigenvalue weighted by Crippen LogP contribution is 2.19. The molecule has 0 bridgehead atoms. The second-order valence-electron chi connectivity index (χ2n) is 6.80. The standard InChI is InChI=1S/C20H26N2O2S/c23-25(24,17-20-9-5-2-6-10-20)21-15-18-11-13-22(14-12-18)16-19-7-3-1-4-8-19/h1-10,18,21H,11-17H2. The minimum Gasteiger partial charge on any atom is -0.299 e. The molecule has 134 valence electrons. The van der Waals surface area contributed by atoms with Crippen molar-refractivity contribution in [2.24, 2.45) is 5.92 Å². The van der Waals surface area contributed by atoms with E-state index in [0.717, 1.165) is 38.0 Å². The normalized spacial score (nSPS) is 16.8. The summed E-state index contributed by atoms with van der Waals surface area (Å²) in [5.74, 6) is 0.485. The molecular weight excluding hydrogens is 332 g/mol. The van der Waals surface area contributed by atoms with Crippen molar-refractivity contribution in [3.05, 3.63) is 71.8 Å². The first-order chi connectivity index (χ1) is 12.1. The summed E-state index contributed by atoms with van der Waals surface area (Å²) in [6.45, 7) is 3.58. The van der Waals surface area contributed by atoms with Crippen molar-refractivity contribution in [3.8, 4) is 0 Å². The van der Waals surface area contributed by atoms with Gasteiger partial charge in [0.15, 0.2) is 0 Å². The van der Waals surface area contributed by atoms with Crippen LogP contribution in [0.15, 0.2) is 60.7 Å².